The Balaban J connectivity index is 1.31. The maximum Gasteiger partial charge on any atom is 0.195 e. The van der Waals surface area contributed by atoms with E-state index in [2.05, 4.69) is 118 Å². The molecule has 51 heavy (non-hydrogen) atoms. The van der Waals surface area contributed by atoms with Crippen molar-refractivity contribution in [2.75, 3.05) is 0 Å². The van der Waals surface area contributed by atoms with Gasteiger partial charge in [-0.05, 0) is 74.8 Å². The molecular formula is C47H29N3O. The number of pyridine rings is 2. The SMILES string of the molecule is [C-]#[N+]c1ccccc1-c1cccc2c1oc1c(-c3cc(-c4ccccc4-c4cccnc4)cc(-c4ccccc4-c4cccnc4)c3)cccc12. The van der Waals surface area contributed by atoms with Crippen LogP contribution in [-0.4, -0.2) is 9.97 Å². The molecule has 3 aromatic heterocycles. The van der Waals surface area contributed by atoms with Crippen molar-refractivity contribution in [2.45, 2.75) is 0 Å². The molecule has 4 nitrogen and oxygen atoms in total. The fraction of sp³-hybridized carbons (Fsp3) is 0. The molecule has 0 fully saturated rings. The van der Waals surface area contributed by atoms with E-state index < -0.39 is 0 Å². The van der Waals surface area contributed by atoms with Gasteiger partial charge < -0.3 is 4.42 Å². The second-order valence-electron chi connectivity index (χ2n) is 12.5. The first-order chi connectivity index (χ1) is 25.3. The number of rotatable bonds is 6. The van der Waals surface area contributed by atoms with Crippen LogP contribution in [0, 0.1) is 6.57 Å². The first kappa shape index (κ1) is 30.0. The van der Waals surface area contributed by atoms with E-state index in [0.717, 1.165) is 88.7 Å². The molecule has 0 aliphatic rings. The Morgan fingerprint density at radius 2 is 0.824 bits per heavy atom. The van der Waals surface area contributed by atoms with Crippen LogP contribution < -0.4 is 0 Å². The zero-order valence-corrected chi connectivity index (χ0v) is 27.5. The van der Waals surface area contributed by atoms with Crippen molar-refractivity contribution in [1.82, 2.24) is 9.97 Å². The second kappa shape index (κ2) is 12.7. The maximum absolute atomic E-state index is 7.81. The fourth-order valence-electron chi connectivity index (χ4n) is 7.17. The number of nitrogens with zero attached hydrogens (tertiary/aromatic N) is 3. The average Bonchev–Trinajstić information content (AvgIpc) is 3.61. The number of fused-ring (bicyclic) bond motifs is 3. The van der Waals surface area contributed by atoms with Gasteiger partial charge in [-0.2, -0.15) is 0 Å². The van der Waals surface area contributed by atoms with Gasteiger partial charge in [0, 0.05) is 57.8 Å². The molecule has 9 aromatic rings. The van der Waals surface area contributed by atoms with Crippen LogP contribution in [0.25, 0.3) is 93.5 Å². The number of aromatic nitrogens is 2. The summed E-state index contributed by atoms with van der Waals surface area (Å²) >= 11 is 0. The zero-order chi connectivity index (χ0) is 34.1. The van der Waals surface area contributed by atoms with Crippen LogP contribution in [-0.2, 0) is 0 Å². The minimum absolute atomic E-state index is 0.600. The molecular weight excluding hydrogens is 623 g/mol. The quantitative estimate of drug-likeness (QED) is 0.168. The molecule has 0 saturated heterocycles. The maximum atomic E-state index is 7.81. The summed E-state index contributed by atoms with van der Waals surface area (Å²) in [6.07, 6.45) is 7.44. The van der Waals surface area contributed by atoms with Gasteiger partial charge >= 0.3 is 0 Å². The molecule has 0 amide bonds. The van der Waals surface area contributed by atoms with Gasteiger partial charge in [0.25, 0.3) is 0 Å². The second-order valence-corrected chi connectivity index (χ2v) is 12.5. The minimum atomic E-state index is 0.600. The van der Waals surface area contributed by atoms with E-state index in [1.54, 1.807) is 12.4 Å². The van der Waals surface area contributed by atoms with Crippen LogP contribution in [0.2, 0.25) is 0 Å². The molecule has 0 aliphatic carbocycles. The van der Waals surface area contributed by atoms with Gasteiger partial charge in [0.2, 0.25) is 0 Å². The third-order valence-electron chi connectivity index (χ3n) is 9.50. The number of para-hydroxylation sites is 3. The summed E-state index contributed by atoms with van der Waals surface area (Å²) in [5.41, 5.74) is 14.7. The fourth-order valence-corrected chi connectivity index (χ4v) is 7.17. The number of benzene rings is 6. The molecule has 0 aliphatic heterocycles. The van der Waals surface area contributed by atoms with Crippen molar-refractivity contribution in [3.63, 3.8) is 0 Å². The number of furan rings is 1. The van der Waals surface area contributed by atoms with Crippen molar-refractivity contribution in [1.29, 1.82) is 0 Å². The molecule has 0 spiro atoms. The molecule has 0 unspecified atom stereocenters. The molecule has 0 saturated carbocycles. The van der Waals surface area contributed by atoms with Crippen molar-refractivity contribution >= 4 is 27.6 Å². The molecule has 3 heterocycles. The Labute approximate surface area is 295 Å². The molecule has 0 N–H and O–H groups in total. The summed E-state index contributed by atoms with van der Waals surface area (Å²) < 4.78 is 6.88. The predicted octanol–water partition coefficient (Wildman–Crippen LogP) is 12.9. The van der Waals surface area contributed by atoms with E-state index in [-0.39, 0.29) is 0 Å². The summed E-state index contributed by atoms with van der Waals surface area (Å²) in [4.78, 5) is 12.7. The van der Waals surface area contributed by atoms with E-state index in [4.69, 9.17) is 11.0 Å². The van der Waals surface area contributed by atoms with Gasteiger partial charge in [-0.3, -0.25) is 9.97 Å². The molecule has 0 radical (unpaired) electrons. The van der Waals surface area contributed by atoms with Crippen molar-refractivity contribution < 1.29 is 4.42 Å². The highest BCUT2D eigenvalue weighted by atomic mass is 16.3. The first-order valence-corrected chi connectivity index (χ1v) is 16.8. The summed E-state index contributed by atoms with van der Waals surface area (Å²) in [5.74, 6) is 0. The van der Waals surface area contributed by atoms with Gasteiger partial charge in [0.1, 0.15) is 11.2 Å². The Hall–Kier alpha value is -7.09. The molecule has 6 aromatic carbocycles. The normalized spacial score (nSPS) is 11.1. The van der Waals surface area contributed by atoms with Crippen LogP contribution in [0.15, 0.2) is 181 Å². The lowest BCUT2D eigenvalue weighted by Crippen LogP contribution is -1.91. The Kier molecular flexibility index (Phi) is 7.50. The Morgan fingerprint density at radius 3 is 1.33 bits per heavy atom. The molecule has 4 heteroatoms. The van der Waals surface area contributed by atoms with E-state index in [9.17, 15) is 0 Å². The van der Waals surface area contributed by atoms with Gasteiger partial charge in [0.15, 0.2) is 5.69 Å². The average molecular weight is 652 g/mol. The summed E-state index contributed by atoms with van der Waals surface area (Å²) in [6.45, 7) is 7.81. The van der Waals surface area contributed by atoms with Gasteiger partial charge in [-0.25, -0.2) is 4.85 Å². The molecule has 0 atom stereocenters. The lowest BCUT2D eigenvalue weighted by molar-refractivity contribution is 0.671. The van der Waals surface area contributed by atoms with E-state index >= 15 is 0 Å². The molecule has 0 bridgehead atoms. The van der Waals surface area contributed by atoms with Crippen molar-refractivity contribution in [3.8, 4) is 66.8 Å². The lowest BCUT2D eigenvalue weighted by atomic mass is 9.88. The number of hydrogen-bond donors (Lipinski definition) is 0. The monoisotopic (exact) mass is 651 g/mol. The summed E-state index contributed by atoms with van der Waals surface area (Å²) in [7, 11) is 0. The molecule has 9 rings (SSSR count). The van der Waals surface area contributed by atoms with E-state index in [0.29, 0.717) is 5.69 Å². The Morgan fingerprint density at radius 1 is 0.392 bits per heavy atom. The topological polar surface area (TPSA) is 43.3 Å². The highest BCUT2D eigenvalue weighted by Crippen LogP contribution is 2.44. The standard InChI is InChI=1S/C47H29N3O/c1-48-45-23-7-6-18-41(45)42-20-9-22-44-43-21-8-19-40(46(43)51-47(42)44)35-27-33(38-16-4-2-14-36(38)31-12-10-24-49-29-31)26-34(28-35)39-17-5-3-15-37(39)32-13-11-25-50-30-32/h2-30H. The van der Waals surface area contributed by atoms with Crippen LogP contribution >= 0.6 is 0 Å². The van der Waals surface area contributed by atoms with Crippen LogP contribution in [0.1, 0.15) is 0 Å². The van der Waals surface area contributed by atoms with Crippen molar-refractivity contribution in [2.24, 2.45) is 0 Å². The first-order valence-electron chi connectivity index (χ1n) is 16.8. The van der Waals surface area contributed by atoms with Crippen LogP contribution in [0.5, 0.6) is 0 Å². The smallest absolute Gasteiger partial charge is 0.195 e. The third kappa shape index (κ3) is 5.35. The highest BCUT2D eigenvalue weighted by Gasteiger charge is 2.19. The zero-order valence-electron chi connectivity index (χ0n) is 27.5. The van der Waals surface area contributed by atoms with Crippen LogP contribution in [0.4, 0.5) is 5.69 Å². The van der Waals surface area contributed by atoms with E-state index in [1.807, 2.05) is 60.9 Å². The Bertz CT molecular complexity index is 2660. The van der Waals surface area contributed by atoms with Crippen LogP contribution in [0.3, 0.4) is 0 Å². The highest BCUT2D eigenvalue weighted by molar-refractivity contribution is 6.14. The third-order valence-corrected chi connectivity index (χ3v) is 9.50. The summed E-state index contributed by atoms with van der Waals surface area (Å²) in [6, 6.07) is 52.3. The van der Waals surface area contributed by atoms with Gasteiger partial charge in [0.05, 0.1) is 6.57 Å². The molecule has 238 valence electrons. The van der Waals surface area contributed by atoms with Crippen molar-refractivity contribution in [3.05, 3.63) is 188 Å². The van der Waals surface area contributed by atoms with E-state index in [1.165, 1.54) is 0 Å². The minimum Gasteiger partial charge on any atom is -0.455 e. The lowest BCUT2D eigenvalue weighted by Gasteiger charge is -2.16. The largest absolute Gasteiger partial charge is 0.455 e. The number of hydrogen-bond acceptors (Lipinski definition) is 3. The van der Waals surface area contributed by atoms with Gasteiger partial charge in [-0.1, -0.05) is 121 Å². The van der Waals surface area contributed by atoms with Gasteiger partial charge in [-0.15, -0.1) is 0 Å². The predicted molar refractivity (Wildman–Crippen MR) is 208 cm³/mol. The summed E-state index contributed by atoms with van der Waals surface area (Å²) in [5, 5.41) is 2.05.